The van der Waals surface area contributed by atoms with Gasteiger partial charge in [-0.05, 0) is 12.5 Å². The Kier molecular flexibility index (Phi) is 1.83. The van der Waals surface area contributed by atoms with Crippen LogP contribution in [0.25, 0.3) is 0 Å². The number of ketones is 1. The molecule has 0 saturated heterocycles. The van der Waals surface area contributed by atoms with Gasteiger partial charge in [-0.15, -0.1) is 0 Å². The summed E-state index contributed by atoms with van der Waals surface area (Å²) in [5.74, 6) is 0.417. The van der Waals surface area contributed by atoms with E-state index in [1.54, 1.807) is 12.2 Å². The van der Waals surface area contributed by atoms with Crippen molar-refractivity contribution in [3.05, 3.63) is 24.3 Å². The molecule has 0 amide bonds. The smallest absolute Gasteiger partial charge is 0.158 e. The van der Waals surface area contributed by atoms with Gasteiger partial charge in [0.05, 0.1) is 0 Å². The SMILES string of the molecule is CC1CC=CC=CC1=O. The van der Waals surface area contributed by atoms with E-state index < -0.39 is 0 Å². The number of hydrogen-bond acceptors (Lipinski definition) is 1. The van der Waals surface area contributed by atoms with Gasteiger partial charge >= 0.3 is 0 Å². The zero-order valence-electron chi connectivity index (χ0n) is 5.50. The third-order valence-electron chi connectivity index (χ3n) is 1.48. The molecule has 0 aliphatic heterocycles. The van der Waals surface area contributed by atoms with Gasteiger partial charge in [-0.1, -0.05) is 25.2 Å². The topological polar surface area (TPSA) is 17.1 Å². The van der Waals surface area contributed by atoms with E-state index in [9.17, 15) is 4.79 Å². The average molecular weight is 122 g/mol. The molecule has 1 unspecified atom stereocenters. The highest BCUT2D eigenvalue weighted by molar-refractivity contribution is 5.92. The van der Waals surface area contributed by atoms with E-state index in [4.69, 9.17) is 0 Å². The van der Waals surface area contributed by atoms with Gasteiger partial charge in [0.2, 0.25) is 0 Å². The lowest BCUT2D eigenvalue weighted by Gasteiger charge is -1.99. The van der Waals surface area contributed by atoms with Crippen molar-refractivity contribution in [2.24, 2.45) is 5.92 Å². The molecule has 9 heavy (non-hydrogen) atoms. The first-order valence-electron chi connectivity index (χ1n) is 3.18. The summed E-state index contributed by atoms with van der Waals surface area (Å²) in [6.45, 7) is 1.95. The van der Waals surface area contributed by atoms with Crippen molar-refractivity contribution in [3.63, 3.8) is 0 Å². The van der Waals surface area contributed by atoms with Crippen LogP contribution < -0.4 is 0 Å². The molecule has 1 heteroatoms. The summed E-state index contributed by atoms with van der Waals surface area (Å²) in [6, 6.07) is 0. The van der Waals surface area contributed by atoms with Crippen LogP contribution in [-0.2, 0) is 4.79 Å². The third kappa shape index (κ3) is 1.53. The minimum atomic E-state index is 0.181. The Morgan fingerprint density at radius 2 is 2.33 bits per heavy atom. The van der Waals surface area contributed by atoms with Crippen molar-refractivity contribution in [2.45, 2.75) is 13.3 Å². The largest absolute Gasteiger partial charge is 0.295 e. The van der Waals surface area contributed by atoms with Gasteiger partial charge in [-0.3, -0.25) is 4.79 Å². The van der Waals surface area contributed by atoms with Crippen LogP contribution in [0.5, 0.6) is 0 Å². The van der Waals surface area contributed by atoms with E-state index in [2.05, 4.69) is 0 Å². The van der Waals surface area contributed by atoms with E-state index in [0.29, 0.717) is 0 Å². The summed E-state index contributed by atoms with van der Waals surface area (Å²) < 4.78 is 0. The fourth-order valence-corrected chi connectivity index (χ4v) is 0.792. The first-order valence-corrected chi connectivity index (χ1v) is 3.18. The zero-order valence-corrected chi connectivity index (χ0v) is 5.50. The molecule has 0 fully saturated rings. The summed E-state index contributed by atoms with van der Waals surface area (Å²) >= 11 is 0. The highest BCUT2D eigenvalue weighted by atomic mass is 16.1. The van der Waals surface area contributed by atoms with E-state index in [1.165, 1.54) is 0 Å². The maximum Gasteiger partial charge on any atom is 0.158 e. The standard InChI is InChI=1S/C8H10O/c1-7-5-3-2-4-6-8(7)9/h2-4,6-7H,5H2,1H3. The summed E-state index contributed by atoms with van der Waals surface area (Å²) in [7, 11) is 0. The van der Waals surface area contributed by atoms with Gasteiger partial charge in [0.1, 0.15) is 0 Å². The second-order valence-corrected chi connectivity index (χ2v) is 2.33. The molecule has 0 aromatic rings. The monoisotopic (exact) mass is 122 g/mol. The molecule has 1 nitrogen and oxygen atoms in total. The molecule has 1 atom stereocenters. The first kappa shape index (κ1) is 6.27. The van der Waals surface area contributed by atoms with Gasteiger partial charge in [-0.2, -0.15) is 0 Å². The van der Waals surface area contributed by atoms with Crippen molar-refractivity contribution in [1.82, 2.24) is 0 Å². The quantitative estimate of drug-likeness (QED) is 0.478. The summed E-state index contributed by atoms with van der Waals surface area (Å²) in [6.07, 6.45) is 8.25. The van der Waals surface area contributed by atoms with Crippen molar-refractivity contribution in [1.29, 1.82) is 0 Å². The fourth-order valence-electron chi connectivity index (χ4n) is 0.792. The molecular formula is C8H10O. The predicted octanol–water partition coefficient (Wildman–Crippen LogP) is 1.71. The Hall–Kier alpha value is -0.850. The third-order valence-corrected chi connectivity index (χ3v) is 1.48. The molecule has 0 aromatic carbocycles. The van der Waals surface area contributed by atoms with Crippen molar-refractivity contribution >= 4 is 5.78 Å². The lowest BCUT2D eigenvalue weighted by atomic mass is 10.0. The molecule has 1 rings (SSSR count). The van der Waals surface area contributed by atoms with Gasteiger partial charge in [0.15, 0.2) is 5.78 Å². The van der Waals surface area contributed by atoms with E-state index in [1.807, 2.05) is 19.1 Å². The van der Waals surface area contributed by atoms with Crippen molar-refractivity contribution in [3.8, 4) is 0 Å². The Balaban J connectivity index is 2.69. The first-order chi connectivity index (χ1) is 4.30. The van der Waals surface area contributed by atoms with E-state index in [0.717, 1.165) is 6.42 Å². The van der Waals surface area contributed by atoms with Crippen molar-refractivity contribution < 1.29 is 4.79 Å². The Morgan fingerprint density at radius 3 is 3.11 bits per heavy atom. The molecule has 0 heterocycles. The highest BCUT2D eigenvalue weighted by Gasteiger charge is 2.07. The fraction of sp³-hybridized carbons (Fsp3) is 0.375. The molecule has 1 aliphatic rings. The van der Waals surface area contributed by atoms with Crippen LogP contribution in [0.3, 0.4) is 0 Å². The van der Waals surface area contributed by atoms with Crippen LogP contribution >= 0.6 is 0 Å². The highest BCUT2D eigenvalue weighted by Crippen LogP contribution is 2.08. The second kappa shape index (κ2) is 2.62. The molecule has 0 N–H and O–H groups in total. The predicted molar refractivity (Wildman–Crippen MR) is 37.1 cm³/mol. The molecule has 0 bridgehead atoms. The van der Waals surface area contributed by atoms with Gasteiger partial charge in [0, 0.05) is 5.92 Å². The number of carbonyl (C=O) groups is 1. The number of hydrogen-bond donors (Lipinski definition) is 0. The zero-order chi connectivity index (χ0) is 6.69. The van der Waals surface area contributed by atoms with Crippen LogP contribution in [0.4, 0.5) is 0 Å². The average Bonchev–Trinajstić information content (AvgIpc) is 1.99. The summed E-state index contributed by atoms with van der Waals surface area (Å²) in [5.41, 5.74) is 0. The van der Waals surface area contributed by atoms with E-state index in [-0.39, 0.29) is 11.7 Å². The summed E-state index contributed by atoms with van der Waals surface area (Å²) in [4.78, 5) is 10.9. The van der Waals surface area contributed by atoms with Gasteiger partial charge < -0.3 is 0 Å². The van der Waals surface area contributed by atoms with Crippen LogP contribution in [0, 0.1) is 5.92 Å². The van der Waals surface area contributed by atoms with Gasteiger partial charge in [-0.25, -0.2) is 0 Å². The molecule has 0 spiro atoms. The molecule has 1 aliphatic carbocycles. The number of allylic oxidation sites excluding steroid dienone is 4. The Labute approximate surface area is 55.1 Å². The molecule has 48 valence electrons. The maximum atomic E-state index is 10.9. The lowest BCUT2D eigenvalue weighted by molar-refractivity contribution is -0.117. The molecule has 0 saturated carbocycles. The van der Waals surface area contributed by atoms with E-state index >= 15 is 0 Å². The molecule has 0 radical (unpaired) electrons. The Bertz CT molecular complexity index is 165. The van der Waals surface area contributed by atoms with Crippen LogP contribution in [0.15, 0.2) is 24.3 Å². The van der Waals surface area contributed by atoms with Crippen LogP contribution in [-0.4, -0.2) is 5.78 Å². The minimum Gasteiger partial charge on any atom is -0.295 e. The molecular weight excluding hydrogens is 112 g/mol. The summed E-state index contributed by atoms with van der Waals surface area (Å²) in [5, 5.41) is 0. The number of rotatable bonds is 0. The Morgan fingerprint density at radius 1 is 1.56 bits per heavy atom. The number of carbonyl (C=O) groups excluding carboxylic acids is 1. The maximum absolute atomic E-state index is 10.9. The minimum absolute atomic E-state index is 0.181. The van der Waals surface area contributed by atoms with Crippen LogP contribution in [0.2, 0.25) is 0 Å². The van der Waals surface area contributed by atoms with Gasteiger partial charge in [0.25, 0.3) is 0 Å². The van der Waals surface area contributed by atoms with Crippen LogP contribution in [0.1, 0.15) is 13.3 Å². The second-order valence-electron chi connectivity index (χ2n) is 2.33. The van der Waals surface area contributed by atoms with Crippen molar-refractivity contribution in [2.75, 3.05) is 0 Å². The lowest BCUT2D eigenvalue weighted by Crippen LogP contribution is -2.04. The normalized spacial score (nSPS) is 26.3. The molecule has 0 aromatic heterocycles.